The van der Waals surface area contributed by atoms with Crippen molar-refractivity contribution in [1.82, 2.24) is 5.32 Å². The van der Waals surface area contributed by atoms with Crippen LogP contribution in [0.3, 0.4) is 0 Å². The van der Waals surface area contributed by atoms with E-state index in [2.05, 4.69) is 40.3 Å². The molecule has 2 rings (SSSR count). The first kappa shape index (κ1) is 15.0. The van der Waals surface area contributed by atoms with Crippen LogP contribution in [0.1, 0.15) is 12.5 Å². The van der Waals surface area contributed by atoms with E-state index in [-0.39, 0.29) is 5.82 Å². The van der Waals surface area contributed by atoms with E-state index >= 15 is 0 Å². The maximum atomic E-state index is 13.3. The van der Waals surface area contributed by atoms with Gasteiger partial charge in [-0.05, 0) is 58.4 Å². The Balaban J connectivity index is 2.24. The van der Waals surface area contributed by atoms with E-state index < -0.39 is 0 Å². The quantitative estimate of drug-likeness (QED) is 0.866. The smallest absolute Gasteiger partial charge is 0.125 e. The van der Waals surface area contributed by atoms with E-state index in [1.54, 1.807) is 6.07 Å². The zero-order chi connectivity index (χ0) is 14.5. The highest BCUT2D eigenvalue weighted by Crippen LogP contribution is 2.31. The normalized spacial score (nSPS) is 10.6. The van der Waals surface area contributed by atoms with Crippen LogP contribution in [0.15, 0.2) is 46.9 Å². The number of benzene rings is 2. The predicted molar refractivity (Wildman–Crippen MR) is 86.0 cm³/mol. The predicted octanol–water partition coefficient (Wildman–Crippen LogP) is 4.47. The number of nitrogens with one attached hydrogen (secondary N) is 1. The molecule has 0 aromatic heterocycles. The van der Waals surface area contributed by atoms with E-state index in [0.29, 0.717) is 0 Å². The second-order valence-corrected chi connectivity index (χ2v) is 5.46. The highest BCUT2D eigenvalue weighted by atomic mass is 79.9. The summed E-state index contributed by atoms with van der Waals surface area (Å²) in [6, 6.07) is 12.8. The third kappa shape index (κ3) is 3.58. The molecule has 2 aromatic carbocycles. The molecule has 0 atom stereocenters. The van der Waals surface area contributed by atoms with Gasteiger partial charge in [0.15, 0.2) is 0 Å². The molecule has 4 heteroatoms. The molecule has 0 radical (unpaired) electrons. The van der Waals surface area contributed by atoms with Gasteiger partial charge in [-0.25, -0.2) is 4.39 Å². The molecule has 106 valence electrons. The van der Waals surface area contributed by atoms with Crippen LogP contribution < -0.4 is 10.2 Å². The molecule has 0 aliphatic carbocycles. The van der Waals surface area contributed by atoms with Crippen molar-refractivity contribution >= 4 is 27.3 Å². The molecule has 0 aliphatic heterocycles. The first-order valence-corrected chi connectivity index (χ1v) is 7.39. The third-order valence-electron chi connectivity index (χ3n) is 3.15. The van der Waals surface area contributed by atoms with Crippen molar-refractivity contribution in [2.24, 2.45) is 0 Å². The van der Waals surface area contributed by atoms with Crippen LogP contribution in [-0.2, 0) is 6.54 Å². The van der Waals surface area contributed by atoms with Gasteiger partial charge in [-0.2, -0.15) is 0 Å². The van der Waals surface area contributed by atoms with Crippen molar-refractivity contribution in [3.05, 3.63) is 58.3 Å². The van der Waals surface area contributed by atoms with Crippen molar-refractivity contribution in [2.45, 2.75) is 13.5 Å². The number of nitrogens with zero attached hydrogens (tertiary/aromatic N) is 1. The molecule has 1 N–H and O–H groups in total. The minimum Gasteiger partial charge on any atom is -0.344 e. The third-order valence-corrected chi connectivity index (χ3v) is 3.78. The average Bonchev–Trinajstić information content (AvgIpc) is 2.44. The molecule has 0 saturated heterocycles. The van der Waals surface area contributed by atoms with Crippen molar-refractivity contribution in [2.75, 3.05) is 18.5 Å². The van der Waals surface area contributed by atoms with Crippen LogP contribution in [0.4, 0.5) is 15.8 Å². The van der Waals surface area contributed by atoms with Crippen LogP contribution in [0.2, 0.25) is 0 Å². The largest absolute Gasteiger partial charge is 0.344 e. The Morgan fingerprint density at radius 3 is 2.65 bits per heavy atom. The summed E-state index contributed by atoms with van der Waals surface area (Å²) in [4.78, 5) is 1.96. The lowest BCUT2D eigenvalue weighted by molar-refractivity contribution is 0.628. The van der Waals surface area contributed by atoms with E-state index in [1.807, 2.05) is 24.1 Å². The highest BCUT2D eigenvalue weighted by Gasteiger charge is 2.09. The summed E-state index contributed by atoms with van der Waals surface area (Å²) in [5.74, 6) is -0.228. The summed E-state index contributed by atoms with van der Waals surface area (Å²) in [6.45, 7) is 3.88. The van der Waals surface area contributed by atoms with Gasteiger partial charge in [0.2, 0.25) is 0 Å². The second-order valence-electron chi connectivity index (χ2n) is 4.60. The minimum absolute atomic E-state index is 0.228. The minimum atomic E-state index is -0.228. The molecule has 20 heavy (non-hydrogen) atoms. The average molecular weight is 337 g/mol. The van der Waals surface area contributed by atoms with Crippen molar-refractivity contribution in [3.63, 3.8) is 0 Å². The van der Waals surface area contributed by atoms with E-state index in [0.717, 1.165) is 28.9 Å². The Labute approximate surface area is 127 Å². The summed E-state index contributed by atoms with van der Waals surface area (Å²) < 4.78 is 14.3. The molecule has 0 amide bonds. The van der Waals surface area contributed by atoms with Gasteiger partial charge in [0.1, 0.15) is 5.82 Å². The van der Waals surface area contributed by atoms with Crippen molar-refractivity contribution in [3.8, 4) is 0 Å². The van der Waals surface area contributed by atoms with E-state index in [9.17, 15) is 4.39 Å². The van der Waals surface area contributed by atoms with Crippen LogP contribution in [0.5, 0.6) is 0 Å². The van der Waals surface area contributed by atoms with Crippen LogP contribution in [0, 0.1) is 5.82 Å². The summed E-state index contributed by atoms with van der Waals surface area (Å²) in [6.07, 6.45) is 0. The number of anilines is 2. The SMILES string of the molecule is CCNCc1ccc(N(C)c2cccc(F)c2)c(Br)c1. The fourth-order valence-electron chi connectivity index (χ4n) is 2.03. The number of rotatable bonds is 5. The van der Waals surface area contributed by atoms with Gasteiger partial charge in [-0.15, -0.1) is 0 Å². The molecule has 2 aromatic rings. The fourth-order valence-corrected chi connectivity index (χ4v) is 2.72. The summed E-state index contributed by atoms with van der Waals surface area (Å²) >= 11 is 3.59. The lowest BCUT2D eigenvalue weighted by atomic mass is 10.2. The molecule has 0 saturated carbocycles. The second kappa shape index (κ2) is 6.86. The molecular weight excluding hydrogens is 319 g/mol. The fraction of sp³-hybridized carbons (Fsp3) is 0.250. The van der Waals surface area contributed by atoms with Gasteiger partial charge in [0.05, 0.1) is 5.69 Å². The first-order valence-electron chi connectivity index (χ1n) is 6.60. The lowest BCUT2D eigenvalue weighted by Crippen LogP contribution is -2.13. The zero-order valence-corrected chi connectivity index (χ0v) is 13.2. The molecule has 0 aliphatic rings. The van der Waals surface area contributed by atoms with Crippen molar-refractivity contribution < 1.29 is 4.39 Å². The standard InChI is InChI=1S/C16H18BrFN2/c1-3-19-11-12-7-8-16(15(17)9-12)20(2)14-6-4-5-13(18)10-14/h4-10,19H,3,11H2,1-2H3. The molecule has 0 bridgehead atoms. The Kier molecular flexibility index (Phi) is 5.15. The van der Waals surface area contributed by atoms with E-state index in [1.165, 1.54) is 17.7 Å². The molecule has 0 heterocycles. The number of hydrogen-bond acceptors (Lipinski definition) is 2. The van der Waals surface area contributed by atoms with Gasteiger partial charge in [-0.3, -0.25) is 0 Å². The van der Waals surface area contributed by atoms with E-state index in [4.69, 9.17) is 0 Å². The number of halogens is 2. The first-order chi connectivity index (χ1) is 9.61. The number of hydrogen-bond donors (Lipinski definition) is 1. The Bertz CT molecular complexity index is 586. The lowest BCUT2D eigenvalue weighted by Gasteiger charge is -2.21. The van der Waals surface area contributed by atoms with Gasteiger partial charge < -0.3 is 10.2 Å². The summed E-state index contributed by atoms with van der Waals surface area (Å²) in [7, 11) is 1.93. The van der Waals surface area contributed by atoms with Crippen LogP contribution >= 0.6 is 15.9 Å². The Morgan fingerprint density at radius 2 is 2.00 bits per heavy atom. The topological polar surface area (TPSA) is 15.3 Å². The molecular formula is C16H18BrFN2. The Hall–Kier alpha value is -1.39. The monoisotopic (exact) mass is 336 g/mol. The molecule has 0 fully saturated rings. The van der Waals surface area contributed by atoms with Crippen LogP contribution in [-0.4, -0.2) is 13.6 Å². The highest BCUT2D eigenvalue weighted by molar-refractivity contribution is 9.10. The van der Waals surface area contributed by atoms with Crippen LogP contribution in [0.25, 0.3) is 0 Å². The summed E-state index contributed by atoms with van der Waals surface area (Å²) in [5.41, 5.74) is 3.05. The molecule has 0 unspecified atom stereocenters. The van der Waals surface area contributed by atoms with Gasteiger partial charge >= 0.3 is 0 Å². The maximum Gasteiger partial charge on any atom is 0.125 e. The van der Waals surface area contributed by atoms with Gasteiger partial charge in [0, 0.05) is 23.8 Å². The zero-order valence-electron chi connectivity index (χ0n) is 11.7. The van der Waals surface area contributed by atoms with Gasteiger partial charge in [0.25, 0.3) is 0 Å². The Morgan fingerprint density at radius 1 is 1.20 bits per heavy atom. The van der Waals surface area contributed by atoms with Crippen molar-refractivity contribution in [1.29, 1.82) is 0 Å². The van der Waals surface area contributed by atoms with Gasteiger partial charge in [-0.1, -0.05) is 19.1 Å². The molecule has 0 spiro atoms. The molecule has 2 nitrogen and oxygen atoms in total. The maximum absolute atomic E-state index is 13.3. The summed E-state index contributed by atoms with van der Waals surface area (Å²) in [5, 5.41) is 3.30.